The molecule has 0 saturated carbocycles. The van der Waals surface area contributed by atoms with Crippen molar-refractivity contribution in [1.29, 1.82) is 0 Å². The van der Waals surface area contributed by atoms with Crippen molar-refractivity contribution in [2.45, 2.75) is 39.3 Å². The van der Waals surface area contributed by atoms with Crippen LogP contribution in [-0.4, -0.2) is 39.3 Å². The van der Waals surface area contributed by atoms with E-state index < -0.39 is 27.8 Å². The van der Waals surface area contributed by atoms with E-state index in [1.165, 1.54) is 12.1 Å². The molecule has 2 unspecified atom stereocenters. The van der Waals surface area contributed by atoms with Crippen molar-refractivity contribution >= 4 is 21.6 Å². The Kier molecular flexibility index (Phi) is 7.61. The van der Waals surface area contributed by atoms with E-state index in [0.29, 0.717) is 5.75 Å². The lowest BCUT2D eigenvalue weighted by Gasteiger charge is -2.31. The molecule has 2 aromatic rings. The Labute approximate surface area is 171 Å². The number of nitrogens with zero attached hydrogens (tertiary/aromatic N) is 1. The van der Waals surface area contributed by atoms with E-state index in [4.69, 9.17) is 4.74 Å². The molecule has 8 heteroatoms. The van der Waals surface area contributed by atoms with E-state index in [1.807, 2.05) is 31.2 Å². The molecule has 2 aromatic carbocycles. The second-order valence-corrected chi connectivity index (χ2v) is 8.85. The van der Waals surface area contributed by atoms with Gasteiger partial charge in [-0.1, -0.05) is 24.6 Å². The molecule has 0 saturated heterocycles. The van der Waals surface area contributed by atoms with Gasteiger partial charge in [-0.3, -0.25) is 9.10 Å². The SMILES string of the molecule is CCC(C(=O)NC(C)COc1ccc(C)cc1)N(c1ccc(F)cc1)S(C)(=O)=O. The first-order valence-corrected chi connectivity index (χ1v) is 11.2. The normalized spacial score (nSPS) is 13.4. The zero-order chi connectivity index (χ0) is 21.6. The van der Waals surface area contributed by atoms with Crippen LogP contribution < -0.4 is 14.4 Å². The highest BCUT2D eigenvalue weighted by atomic mass is 32.2. The van der Waals surface area contributed by atoms with Gasteiger partial charge >= 0.3 is 0 Å². The minimum atomic E-state index is -3.76. The van der Waals surface area contributed by atoms with Gasteiger partial charge in [0.05, 0.1) is 18.0 Å². The lowest BCUT2D eigenvalue weighted by atomic mass is 10.1. The lowest BCUT2D eigenvalue weighted by molar-refractivity contribution is -0.123. The van der Waals surface area contributed by atoms with Crippen LogP contribution in [0.1, 0.15) is 25.8 Å². The molecule has 6 nitrogen and oxygen atoms in total. The second kappa shape index (κ2) is 9.73. The zero-order valence-electron chi connectivity index (χ0n) is 17.1. The first-order valence-electron chi connectivity index (χ1n) is 9.36. The maximum atomic E-state index is 13.2. The van der Waals surface area contributed by atoms with Crippen molar-refractivity contribution in [2.24, 2.45) is 0 Å². The molecule has 2 atom stereocenters. The molecular weight excluding hydrogens is 395 g/mol. The molecule has 0 radical (unpaired) electrons. The fourth-order valence-corrected chi connectivity index (χ4v) is 4.10. The first kappa shape index (κ1) is 22.7. The third kappa shape index (κ3) is 6.45. The van der Waals surface area contributed by atoms with Crippen LogP contribution in [0.4, 0.5) is 10.1 Å². The molecule has 0 aliphatic carbocycles. The van der Waals surface area contributed by atoms with Gasteiger partial charge in [0, 0.05) is 0 Å². The van der Waals surface area contributed by atoms with Crippen LogP contribution in [-0.2, 0) is 14.8 Å². The van der Waals surface area contributed by atoms with Crippen molar-refractivity contribution in [3.8, 4) is 5.75 Å². The molecule has 0 aliphatic heterocycles. The minimum absolute atomic E-state index is 0.236. The molecular formula is C21H27FN2O4S. The summed E-state index contributed by atoms with van der Waals surface area (Å²) in [7, 11) is -3.76. The average Bonchev–Trinajstić information content (AvgIpc) is 2.65. The Morgan fingerprint density at radius 1 is 1.14 bits per heavy atom. The number of hydrogen-bond donors (Lipinski definition) is 1. The van der Waals surface area contributed by atoms with E-state index in [9.17, 15) is 17.6 Å². The van der Waals surface area contributed by atoms with Crippen LogP contribution in [0.2, 0.25) is 0 Å². The third-order valence-electron chi connectivity index (χ3n) is 4.32. The quantitative estimate of drug-likeness (QED) is 0.673. The monoisotopic (exact) mass is 422 g/mol. The zero-order valence-corrected chi connectivity index (χ0v) is 17.9. The largest absolute Gasteiger partial charge is 0.491 e. The van der Waals surface area contributed by atoms with Crippen molar-refractivity contribution in [3.63, 3.8) is 0 Å². The minimum Gasteiger partial charge on any atom is -0.491 e. The predicted octanol–water partition coefficient (Wildman–Crippen LogP) is 3.26. The number of halogens is 1. The summed E-state index contributed by atoms with van der Waals surface area (Å²) in [4.78, 5) is 12.8. The molecule has 0 fully saturated rings. The molecule has 2 rings (SSSR count). The van der Waals surface area contributed by atoms with E-state index in [-0.39, 0.29) is 24.8 Å². The van der Waals surface area contributed by atoms with Crippen LogP contribution in [0.15, 0.2) is 48.5 Å². The van der Waals surface area contributed by atoms with Gasteiger partial charge < -0.3 is 10.1 Å². The smallest absolute Gasteiger partial charge is 0.244 e. The molecule has 0 heterocycles. The topological polar surface area (TPSA) is 75.7 Å². The van der Waals surface area contributed by atoms with Crippen molar-refractivity contribution < 1.29 is 22.3 Å². The Balaban J connectivity index is 2.09. The van der Waals surface area contributed by atoms with Gasteiger partial charge in [-0.05, 0) is 56.7 Å². The van der Waals surface area contributed by atoms with Crippen LogP contribution >= 0.6 is 0 Å². The Morgan fingerprint density at radius 2 is 1.72 bits per heavy atom. The molecule has 1 N–H and O–H groups in total. The fraction of sp³-hybridized carbons (Fsp3) is 0.381. The van der Waals surface area contributed by atoms with E-state index in [2.05, 4.69) is 5.32 Å². The molecule has 0 spiro atoms. The van der Waals surface area contributed by atoms with Gasteiger partial charge in [0.1, 0.15) is 24.2 Å². The number of amides is 1. The van der Waals surface area contributed by atoms with Gasteiger partial charge in [-0.15, -0.1) is 0 Å². The number of carbonyl (C=O) groups is 1. The van der Waals surface area contributed by atoms with Crippen molar-refractivity contribution in [1.82, 2.24) is 5.32 Å². The number of anilines is 1. The van der Waals surface area contributed by atoms with E-state index in [1.54, 1.807) is 13.8 Å². The van der Waals surface area contributed by atoms with Gasteiger partial charge in [0.2, 0.25) is 15.9 Å². The van der Waals surface area contributed by atoms with E-state index >= 15 is 0 Å². The van der Waals surface area contributed by atoms with Crippen molar-refractivity contribution in [3.05, 3.63) is 59.9 Å². The van der Waals surface area contributed by atoms with Crippen LogP contribution in [0.5, 0.6) is 5.75 Å². The number of aryl methyl sites for hydroxylation is 1. The van der Waals surface area contributed by atoms with Crippen LogP contribution in [0.3, 0.4) is 0 Å². The second-order valence-electron chi connectivity index (χ2n) is 6.99. The number of ether oxygens (including phenoxy) is 1. The standard InChI is InChI=1S/C21H27FN2O4S/c1-5-20(24(29(4,26)27)18-10-8-17(22)9-11-18)21(25)23-16(3)14-28-19-12-6-15(2)7-13-19/h6-13,16,20H,5,14H2,1-4H3,(H,23,25). The summed E-state index contributed by atoms with van der Waals surface area (Å²) in [5, 5.41) is 2.80. The lowest BCUT2D eigenvalue weighted by Crippen LogP contribution is -2.52. The average molecular weight is 423 g/mol. The molecule has 0 bridgehead atoms. The summed E-state index contributed by atoms with van der Waals surface area (Å²) in [5.41, 5.74) is 1.35. The van der Waals surface area contributed by atoms with Gasteiger partial charge in [0.25, 0.3) is 0 Å². The maximum Gasteiger partial charge on any atom is 0.244 e. The first-order chi connectivity index (χ1) is 13.6. The highest BCUT2D eigenvalue weighted by Gasteiger charge is 2.32. The van der Waals surface area contributed by atoms with Gasteiger partial charge in [-0.2, -0.15) is 0 Å². The van der Waals surface area contributed by atoms with Crippen LogP contribution in [0.25, 0.3) is 0 Å². The summed E-state index contributed by atoms with van der Waals surface area (Å²) in [5.74, 6) is -0.239. The van der Waals surface area contributed by atoms with Crippen LogP contribution in [0, 0.1) is 12.7 Å². The molecule has 158 valence electrons. The van der Waals surface area contributed by atoms with Gasteiger partial charge in [-0.25, -0.2) is 12.8 Å². The summed E-state index contributed by atoms with van der Waals surface area (Å²) in [6.45, 7) is 5.72. The highest BCUT2D eigenvalue weighted by Crippen LogP contribution is 2.23. The summed E-state index contributed by atoms with van der Waals surface area (Å²) >= 11 is 0. The molecule has 1 amide bonds. The summed E-state index contributed by atoms with van der Waals surface area (Å²) in [6.07, 6.45) is 1.28. The van der Waals surface area contributed by atoms with Gasteiger partial charge in [0.15, 0.2) is 0 Å². The predicted molar refractivity (Wildman–Crippen MR) is 112 cm³/mol. The Hall–Kier alpha value is -2.61. The summed E-state index contributed by atoms with van der Waals surface area (Å²) in [6, 6.07) is 11.3. The highest BCUT2D eigenvalue weighted by molar-refractivity contribution is 7.92. The Bertz CT molecular complexity index is 915. The fourth-order valence-electron chi connectivity index (χ4n) is 2.88. The Morgan fingerprint density at radius 3 is 2.24 bits per heavy atom. The maximum absolute atomic E-state index is 13.2. The van der Waals surface area contributed by atoms with Crippen molar-refractivity contribution in [2.75, 3.05) is 17.2 Å². The number of benzene rings is 2. The molecule has 0 aliphatic rings. The third-order valence-corrected chi connectivity index (χ3v) is 5.50. The number of hydrogen-bond acceptors (Lipinski definition) is 4. The summed E-state index contributed by atoms with van der Waals surface area (Å²) < 4.78 is 44.7. The number of nitrogens with one attached hydrogen (secondary N) is 1. The number of sulfonamides is 1. The number of carbonyl (C=O) groups excluding carboxylic acids is 1. The molecule has 29 heavy (non-hydrogen) atoms. The number of rotatable bonds is 9. The van der Waals surface area contributed by atoms with E-state index in [0.717, 1.165) is 28.3 Å². The molecule has 0 aromatic heterocycles.